The summed E-state index contributed by atoms with van der Waals surface area (Å²) >= 11 is 5.29. The van der Waals surface area contributed by atoms with Crippen molar-refractivity contribution in [3.63, 3.8) is 0 Å². The Morgan fingerprint density at radius 3 is 2.90 bits per heavy atom. The Morgan fingerprint density at radius 2 is 2.20 bits per heavy atom. The van der Waals surface area contributed by atoms with Crippen molar-refractivity contribution in [3.05, 3.63) is 46.2 Å². The van der Waals surface area contributed by atoms with Crippen LogP contribution in [0.4, 0.5) is 0 Å². The molecule has 0 aliphatic heterocycles. The summed E-state index contributed by atoms with van der Waals surface area (Å²) in [7, 11) is 1.58. The van der Waals surface area contributed by atoms with Gasteiger partial charge in [0.1, 0.15) is 5.75 Å². The van der Waals surface area contributed by atoms with Crippen LogP contribution in [-0.2, 0) is 11.2 Å². The van der Waals surface area contributed by atoms with E-state index in [1.54, 1.807) is 13.2 Å². The number of nitrogens with one attached hydrogen (secondary N) is 1. The van der Waals surface area contributed by atoms with Gasteiger partial charge in [0.2, 0.25) is 5.24 Å². The van der Waals surface area contributed by atoms with E-state index in [4.69, 9.17) is 16.3 Å². The van der Waals surface area contributed by atoms with Crippen molar-refractivity contribution in [2.24, 2.45) is 0 Å². The lowest BCUT2D eigenvalue weighted by molar-refractivity contribution is -0.111. The van der Waals surface area contributed by atoms with Gasteiger partial charge in [-0.25, -0.2) is 5.10 Å². The SMILES string of the molecule is COc1cccc(-c2cc(CCC(=O)Cl)c(=O)[nH]n2)c1. The highest BCUT2D eigenvalue weighted by atomic mass is 35.5. The van der Waals surface area contributed by atoms with Crippen molar-refractivity contribution in [2.75, 3.05) is 7.11 Å². The summed E-state index contributed by atoms with van der Waals surface area (Å²) in [4.78, 5) is 22.4. The van der Waals surface area contributed by atoms with Crippen molar-refractivity contribution in [1.29, 1.82) is 0 Å². The lowest BCUT2D eigenvalue weighted by Gasteiger charge is -2.05. The molecule has 1 aromatic carbocycles. The van der Waals surface area contributed by atoms with E-state index in [0.717, 1.165) is 5.56 Å². The summed E-state index contributed by atoms with van der Waals surface area (Å²) in [6.07, 6.45) is 0.406. The van der Waals surface area contributed by atoms with Crippen molar-refractivity contribution in [2.45, 2.75) is 12.8 Å². The number of ether oxygens (including phenoxy) is 1. The van der Waals surface area contributed by atoms with Gasteiger partial charge in [0.05, 0.1) is 12.8 Å². The number of hydrogen-bond acceptors (Lipinski definition) is 4. The second-order valence-corrected chi connectivity index (χ2v) is 4.62. The van der Waals surface area contributed by atoms with Gasteiger partial charge in [-0.3, -0.25) is 9.59 Å². The molecule has 0 aliphatic carbocycles. The van der Waals surface area contributed by atoms with Crippen LogP contribution in [0, 0.1) is 0 Å². The molecule has 0 radical (unpaired) electrons. The standard InChI is InChI=1S/C14H13ClN2O3/c1-20-11-4-2-3-9(7-11)12-8-10(5-6-13(15)18)14(19)17-16-12/h2-4,7-8H,5-6H2,1H3,(H,17,19). The van der Waals surface area contributed by atoms with Crippen LogP contribution >= 0.6 is 11.6 Å². The molecule has 1 N–H and O–H groups in total. The molecule has 2 rings (SSSR count). The number of nitrogens with zero attached hydrogens (tertiary/aromatic N) is 1. The van der Waals surface area contributed by atoms with Crippen LogP contribution in [0.2, 0.25) is 0 Å². The molecular weight excluding hydrogens is 280 g/mol. The summed E-state index contributed by atoms with van der Waals surface area (Å²) < 4.78 is 5.15. The van der Waals surface area contributed by atoms with E-state index in [1.807, 2.05) is 24.3 Å². The van der Waals surface area contributed by atoms with Crippen LogP contribution in [0.15, 0.2) is 35.1 Å². The van der Waals surface area contributed by atoms with E-state index < -0.39 is 5.24 Å². The van der Waals surface area contributed by atoms with Gasteiger partial charge in [0.25, 0.3) is 5.56 Å². The van der Waals surface area contributed by atoms with E-state index in [9.17, 15) is 9.59 Å². The third-order valence-electron chi connectivity index (χ3n) is 2.84. The number of aromatic amines is 1. The second-order valence-electron chi connectivity index (χ2n) is 4.19. The van der Waals surface area contributed by atoms with E-state index in [2.05, 4.69) is 10.2 Å². The van der Waals surface area contributed by atoms with Crippen LogP contribution in [0.3, 0.4) is 0 Å². The molecule has 5 nitrogen and oxygen atoms in total. The quantitative estimate of drug-likeness (QED) is 0.857. The highest BCUT2D eigenvalue weighted by molar-refractivity contribution is 6.63. The van der Waals surface area contributed by atoms with Crippen LogP contribution in [0.1, 0.15) is 12.0 Å². The van der Waals surface area contributed by atoms with Gasteiger partial charge in [-0.05, 0) is 36.2 Å². The fourth-order valence-corrected chi connectivity index (χ4v) is 1.89. The van der Waals surface area contributed by atoms with Gasteiger partial charge in [0.15, 0.2) is 0 Å². The third kappa shape index (κ3) is 3.45. The maximum atomic E-state index is 11.6. The lowest BCUT2D eigenvalue weighted by Crippen LogP contribution is -2.15. The molecule has 0 atom stereocenters. The fraction of sp³-hybridized carbons (Fsp3) is 0.214. The minimum absolute atomic E-state index is 0.117. The topological polar surface area (TPSA) is 72.1 Å². The maximum absolute atomic E-state index is 11.6. The fourth-order valence-electron chi connectivity index (χ4n) is 1.79. The summed E-state index contributed by atoms with van der Waals surface area (Å²) in [6.45, 7) is 0. The van der Waals surface area contributed by atoms with Gasteiger partial charge >= 0.3 is 0 Å². The largest absolute Gasteiger partial charge is 0.497 e. The van der Waals surface area contributed by atoms with Gasteiger partial charge in [-0.2, -0.15) is 5.10 Å². The van der Waals surface area contributed by atoms with Crippen molar-refractivity contribution in [3.8, 4) is 17.0 Å². The van der Waals surface area contributed by atoms with Gasteiger partial charge in [-0.15, -0.1) is 0 Å². The minimum atomic E-state index is -0.468. The number of carbonyl (C=O) groups is 1. The highest BCUT2D eigenvalue weighted by Gasteiger charge is 2.08. The Labute approximate surface area is 120 Å². The van der Waals surface area contributed by atoms with E-state index in [1.165, 1.54) is 0 Å². The molecule has 0 saturated carbocycles. The number of carbonyl (C=O) groups excluding carboxylic acids is 1. The summed E-state index contributed by atoms with van der Waals surface area (Å²) in [5, 5.41) is 5.96. The number of hydrogen-bond donors (Lipinski definition) is 1. The molecule has 0 fully saturated rings. The Kier molecular flexibility index (Phi) is 4.53. The molecule has 2 aromatic rings. The Hall–Kier alpha value is -2.14. The normalized spacial score (nSPS) is 10.3. The zero-order valence-corrected chi connectivity index (χ0v) is 11.6. The van der Waals surface area contributed by atoms with E-state index >= 15 is 0 Å². The lowest BCUT2D eigenvalue weighted by atomic mass is 10.1. The van der Waals surface area contributed by atoms with Gasteiger partial charge in [0, 0.05) is 17.5 Å². The highest BCUT2D eigenvalue weighted by Crippen LogP contribution is 2.21. The maximum Gasteiger partial charge on any atom is 0.267 e. The Balaban J connectivity index is 2.34. The van der Waals surface area contributed by atoms with Crippen LogP contribution in [-0.4, -0.2) is 22.5 Å². The van der Waals surface area contributed by atoms with E-state index in [0.29, 0.717) is 17.0 Å². The molecule has 0 unspecified atom stereocenters. The molecule has 0 aliphatic rings. The van der Waals surface area contributed by atoms with Gasteiger partial charge < -0.3 is 4.74 Å². The second kappa shape index (κ2) is 6.34. The first-order valence-corrected chi connectivity index (χ1v) is 6.39. The van der Waals surface area contributed by atoms with Crippen molar-refractivity contribution >= 4 is 16.8 Å². The Morgan fingerprint density at radius 1 is 1.40 bits per heavy atom. The van der Waals surface area contributed by atoms with Crippen LogP contribution < -0.4 is 10.3 Å². The molecular formula is C14H13ClN2O3. The number of H-pyrrole nitrogens is 1. The van der Waals surface area contributed by atoms with Crippen LogP contribution in [0.25, 0.3) is 11.3 Å². The summed E-state index contributed by atoms with van der Waals surface area (Å²) in [5.41, 5.74) is 1.60. The Bertz CT molecular complexity index is 682. The zero-order valence-electron chi connectivity index (χ0n) is 10.9. The molecule has 0 bridgehead atoms. The molecule has 20 heavy (non-hydrogen) atoms. The molecule has 1 heterocycles. The molecule has 0 saturated heterocycles. The molecule has 1 aromatic heterocycles. The first kappa shape index (κ1) is 14.3. The first-order valence-electron chi connectivity index (χ1n) is 6.01. The predicted molar refractivity (Wildman–Crippen MR) is 76.0 cm³/mol. The molecule has 0 spiro atoms. The number of halogens is 1. The number of benzene rings is 1. The van der Waals surface area contributed by atoms with Crippen molar-refractivity contribution in [1.82, 2.24) is 10.2 Å². The monoisotopic (exact) mass is 292 g/mol. The van der Waals surface area contributed by atoms with E-state index in [-0.39, 0.29) is 18.4 Å². The van der Waals surface area contributed by atoms with Crippen molar-refractivity contribution < 1.29 is 9.53 Å². The first-order chi connectivity index (χ1) is 9.60. The average Bonchev–Trinajstić information content (AvgIpc) is 2.46. The minimum Gasteiger partial charge on any atom is -0.497 e. The molecule has 6 heteroatoms. The number of aryl methyl sites for hydroxylation is 1. The number of rotatable bonds is 5. The smallest absolute Gasteiger partial charge is 0.267 e. The molecule has 0 amide bonds. The zero-order chi connectivity index (χ0) is 14.5. The number of aromatic nitrogens is 2. The third-order valence-corrected chi connectivity index (χ3v) is 3.03. The number of methoxy groups -OCH3 is 1. The average molecular weight is 293 g/mol. The predicted octanol–water partition coefficient (Wildman–Crippen LogP) is 2.14. The van der Waals surface area contributed by atoms with Gasteiger partial charge in [-0.1, -0.05) is 12.1 Å². The molecule has 104 valence electrons. The van der Waals surface area contributed by atoms with Crippen LogP contribution in [0.5, 0.6) is 5.75 Å². The summed E-state index contributed by atoms with van der Waals surface area (Å²) in [6, 6.07) is 9.00. The summed E-state index contributed by atoms with van der Waals surface area (Å²) in [5.74, 6) is 0.702.